The predicted octanol–water partition coefficient (Wildman–Crippen LogP) is 3.38. The number of sulfonamides is 1. The Morgan fingerprint density at radius 2 is 1.78 bits per heavy atom. The molecule has 36 heavy (non-hydrogen) atoms. The van der Waals surface area contributed by atoms with Crippen LogP contribution in [0.15, 0.2) is 77.7 Å². The number of thiazole rings is 1. The summed E-state index contributed by atoms with van der Waals surface area (Å²) >= 11 is 1.23. The summed E-state index contributed by atoms with van der Waals surface area (Å²) in [4.78, 5) is 29.8. The van der Waals surface area contributed by atoms with Gasteiger partial charge in [-0.1, -0.05) is 29.6 Å². The van der Waals surface area contributed by atoms with Crippen LogP contribution in [0.5, 0.6) is 5.75 Å². The minimum atomic E-state index is -3.80. The molecule has 0 aliphatic rings. The molecule has 9 nitrogen and oxygen atoms in total. The molecule has 0 N–H and O–H groups in total. The first-order valence-electron chi connectivity index (χ1n) is 11.0. The first-order valence-corrected chi connectivity index (χ1v) is 13.3. The van der Waals surface area contributed by atoms with Gasteiger partial charge in [0, 0.05) is 18.7 Å². The fourth-order valence-corrected chi connectivity index (χ4v) is 5.89. The number of nitrogens with zero attached hydrogens (tertiary/aromatic N) is 3. The third kappa shape index (κ3) is 5.81. The van der Waals surface area contributed by atoms with Crippen LogP contribution in [0, 0.1) is 0 Å². The van der Waals surface area contributed by atoms with Crippen molar-refractivity contribution in [2.45, 2.75) is 18.4 Å². The van der Waals surface area contributed by atoms with Crippen molar-refractivity contribution < 1.29 is 27.5 Å². The monoisotopic (exact) mass is 529 g/mol. The number of para-hydroxylation sites is 1. The third-order valence-electron chi connectivity index (χ3n) is 5.08. The van der Waals surface area contributed by atoms with E-state index in [0.29, 0.717) is 11.3 Å². The summed E-state index contributed by atoms with van der Waals surface area (Å²) in [6, 6.07) is 10.9. The fraction of sp³-hybridized carbons (Fsp3) is 0.240. The zero-order valence-corrected chi connectivity index (χ0v) is 21.7. The van der Waals surface area contributed by atoms with Gasteiger partial charge in [-0.05, 0) is 43.3 Å². The van der Waals surface area contributed by atoms with Gasteiger partial charge >= 0.3 is 5.97 Å². The standard InChI is InChI=1S/C25H27N3O6S2/c1-5-15-27(16-6-2)36(31,32)19-13-11-18(12-14-19)24(30)26-25-28(17-22(29)34-7-3)23-20(33-4)9-8-10-21(23)35-25/h5-6,8-14H,1-2,7,15-17H2,3-4H3. The first kappa shape index (κ1) is 27.1. The van der Waals surface area contributed by atoms with Gasteiger partial charge in [0.05, 0.1) is 23.3 Å². The number of esters is 1. The van der Waals surface area contributed by atoms with Gasteiger partial charge in [0.2, 0.25) is 10.0 Å². The zero-order valence-electron chi connectivity index (χ0n) is 20.0. The fourth-order valence-electron chi connectivity index (χ4n) is 3.46. The summed E-state index contributed by atoms with van der Waals surface area (Å²) in [6.45, 7) is 9.21. The molecule has 0 unspecified atom stereocenters. The topological polar surface area (TPSA) is 107 Å². The van der Waals surface area contributed by atoms with Crippen LogP contribution in [0.2, 0.25) is 0 Å². The molecule has 0 radical (unpaired) electrons. The molecule has 190 valence electrons. The number of hydrogen-bond donors (Lipinski definition) is 0. The van der Waals surface area contributed by atoms with E-state index >= 15 is 0 Å². The molecule has 0 spiro atoms. The molecule has 1 amide bonds. The van der Waals surface area contributed by atoms with E-state index in [1.165, 1.54) is 59.2 Å². The van der Waals surface area contributed by atoms with Crippen LogP contribution >= 0.6 is 11.3 Å². The van der Waals surface area contributed by atoms with Crippen molar-refractivity contribution in [2.75, 3.05) is 26.8 Å². The second kappa shape index (κ2) is 11.9. The number of carbonyl (C=O) groups is 2. The summed E-state index contributed by atoms with van der Waals surface area (Å²) in [7, 11) is -2.28. The van der Waals surface area contributed by atoms with Gasteiger partial charge < -0.3 is 14.0 Å². The Hall–Kier alpha value is -3.54. The van der Waals surface area contributed by atoms with Crippen LogP contribution < -0.4 is 9.54 Å². The van der Waals surface area contributed by atoms with E-state index in [1.54, 1.807) is 23.6 Å². The number of fused-ring (bicyclic) bond motifs is 1. The van der Waals surface area contributed by atoms with Gasteiger partial charge in [-0.25, -0.2) is 8.42 Å². The molecule has 0 saturated carbocycles. The van der Waals surface area contributed by atoms with Crippen molar-refractivity contribution >= 4 is 43.5 Å². The Labute approximate surface area is 213 Å². The van der Waals surface area contributed by atoms with Crippen LogP contribution in [-0.4, -0.2) is 56.0 Å². The molecule has 0 saturated heterocycles. The highest BCUT2D eigenvalue weighted by atomic mass is 32.2. The number of aromatic nitrogens is 1. The number of hydrogen-bond acceptors (Lipinski definition) is 7. The lowest BCUT2D eigenvalue weighted by Gasteiger charge is -2.19. The molecule has 0 bridgehead atoms. The van der Waals surface area contributed by atoms with Gasteiger partial charge in [-0.15, -0.1) is 13.2 Å². The van der Waals surface area contributed by atoms with Crippen molar-refractivity contribution in [3.05, 3.63) is 78.1 Å². The Balaban J connectivity index is 2.02. The van der Waals surface area contributed by atoms with Crippen LogP contribution in [0.4, 0.5) is 0 Å². The molecule has 0 aliphatic heterocycles. The van der Waals surface area contributed by atoms with E-state index < -0.39 is 21.9 Å². The maximum Gasteiger partial charge on any atom is 0.326 e. The van der Waals surface area contributed by atoms with E-state index in [-0.39, 0.29) is 41.5 Å². The Kier molecular flexibility index (Phi) is 8.97. The Morgan fingerprint density at radius 3 is 2.36 bits per heavy atom. The number of carbonyl (C=O) groups excluding carboxylic acids is 2. The van der Waals surface area contributed by atoms with Crippen LogP contribution in [0.1, 0.15) is 17.3 Å². The zero-order chi connectivity index (χ0) is 26.3. The van der Waals surface area contributed by atoms with Crippen LogP contribution in [-0.2, 0) is 26.1 Å². The molecule has 0 aliphatic carbocycles. The quantitative estimate of drug-likeness (QED) is 0.278. The minimum Gasteiger partial charge on any atom is -0.495 e. The van der Waals surface area contributed by atoms with Gasteiger partial charge in [0.25, 0.3) is 5.91 Å². The second-order valence-corrected chi connectivity index (χ2v) is 10.4. The summed E-state index contributed by atoms with van der Waals surface area (Å²) in [5, 5.41) is 0. The van der Waals surface area contributed by atoms with Gasteiger partial charge in [0.1, 0.15) is 17.8 Å². The molecule has 2 aromatic carbocycles. The van der Waals surface area contributed by atoms with E-state index in [9.17, 15) is 18.0 Å². The van der Waals surface area contributed by atoms with Crippen molar-refractivity contribution in [1.29, 1.82) is 0 Å². The number of benzene rings is 2. The lowest BCUT2D eigenvalue weighted by Crippen LogP contribution is -2.31. The van der Waals surface area contributed by atoms with Gasteiger partial charge in [-0.3, -0.25) is 9.59 Å². The highest BCUT2D eigenvalue weighted by molar-refractivity contribution is 7.89. The van der Waals surface area contributed by atoms with Crippen molar-refractivity contribution in [3.63, 3.8) is 0 Å². The maximum atomic E-state index is 13.0. The summed E-state index contributed by atoms with van der Waals surface area (Å²) < 4.78 is 39.9. The number of methoxy groups -OCH3 is 1. The largest absolute Gasteiger partial charge is 0.495 e. The lowest BCUT2D eigenvalue weighted by molar-refractivity contribution is -0.143. The van der Waals surface area contributed by atoms with E-state index in [4.69, 9.17) is 9.47 Å². The van der Waals surface area contributed by atoms with Crippen molar-refractivity contribution in [3.8, 4) is 5.75 Å². The first-order chi connectivity index (χ1) is 17.3. The third-order valence-corrected chi connectivity index (χ3v) is 7.97. The average Bonchev–Trinajstić information content (AvgIpc) is 3.20. The van der Waals surface area contributed by atoms with Crippen molar-refractivity contribution in [1.82, 2.24) is 8.87 Å². The smallest absolute Gasteiger partial charge is 0.326 e. The van der Waals surface area contributed by atoms with Crippen LogP contribution in [0.25, 0.3) is 10.2 Å². The molecule has 1 heterocycles. The molecule has 11 heteroatoms. The van der Waals surface area contributed by atoms with Gasteiger partial charge in [-0.2, -0.15) is 9.30 Å². The predicted molar refractivity (Wildman–Crippen MR) is 138 cm³/mol. The molecule has 0 atom stereocenters. The molecule has 1 aromatic heterocycles. The summed E-state index contributed by atoms with van der Waals surface area (Å²) in [6.07, 6.45) is 2.98. The van der Waals surface area contributed by atoms with E-state index in [2.05, 4.69) is 18.2 Å². The Bertz CT molecular complexity index is 1440. The van der Waals surface area contributed by atoms with Crippen molar-refractivity contribution in [2.24, 2.45) is 4.99 Å². The summed E-state index contributed by atoms with van der Waals surface area (Å²) in [5.41, 5.74) is 0.815. The summed E-state index contributed by atoms with van der Waals surface area (Å²) in [5.74, 6) is -0.536. The van der Waals surface area contributed by atoms with E-state index in [0.717, 1.165) is 4.70 Å². The van der Waals surface area contributed by atoms with Gasteiger partial charge in [0.15, 0.2) is 4.80 Å². The molecular weight excluding hydrogens is 502 g/mol. The minimum absolute atomic E-state index is 0.0340. The molecular formula is C25H27N3O6S2. The number of amides is 1. The molecule has 3 rings (SSSR count). The van der Waals surface area contributed by atoms with E-state index in [1.807, 2.05) is 6.07 Å². The Morgan fingerprint density at radius 1 is 1.11 bits per heavy atom. The number of ether oxygens (including phenoxy) is 2. The number of rotatable bonds is 11. The lowest BCUT2D eigenvalue weighted by atomic mass is 10.2. The maximum absolute atomic E-state index is 13.0. The highest BCUT2D eigenvalue weighted by Crippen LogP contribution is 2.27. The second-order valence-electron chi connectivity index (χ2n) is 7.42. The average molecular weight is 530 g/mol. The normalized spacial score (nSPS) is 12.0. The SMILES string of the molecule is C=CCN(CC=C)S(=O)(=O)c1ccc(C(=O)N=c2sc3cccc(OC)c3n2CC(=O)OCC)cc1. The molecule has 0 fully saturated rings. The van der Waals surface area contributed by atoms with Crippen LogP contribution in [0.3, 0.4) is 0 Å². The molecule has 3 aromatic rings. The highest BCUT2D eigenvalue weighted by Gasteiger charge is 2.23.